The van der Waals surface area contributed by atoms with E-state index < -0.39 is 0 Å². The summed E-state index contributed by atoms with van der Waals surface area (Å²) in [4.78, 5) is 3.94. The highest BCUT2D eigenvalue weighted by atomic mass is 16.5. The summed E-state index contributed by atoms with van der Waals surface area (Å²) >= 11 is 0. The van der Waals surface area contributed by atoms with Crippen LogP contribution in [0, 0.1) is 0 Å². The van der Waals surface area contributed by atoms with Crippen LogP contribution in [-0.4, -0.2) is 12.1 Å². The van der Waals surface area contributed by atoms with Crippen molar-refractivity contribution in [2.24, 2.45) is 5.73 Å². The summed E-state index contributed by atoms with van der Waals surface area (Å²) < 4.78 is 4.94. The van der Waals surface area contributed by atoms with Gasteiger partial charge in [-0.2, -0.15) is 0 Å². The maximum Gasteiger partial charge on any atom is 0.217 e. The molecule has 60 valence electrons. The minimum atomic E-state index is 0.390. The van der Waals surface area contributed by atoms with Crippen molar-refractivity contribution in [3.63, 3.8) is 0 Å². The summed E-state index contributed by atoms with van der Waals surface area (Å²) in [6, 6.07) is 1.76. The van der Waals surface area contributed by atoms with Crippen molar-refractivity contribution in [2.75, 3.05) is 12.8 Å². The predicted octanol–water partition coefficient (Wildman–Crippen LogP) is 0.131. The van der Waals surface area contributed by atoms with Crippen LogP contribution in [-0.2, 0) is 6.54 Å². The molecule has 0 fully saturated rings. The molecule has 4 heteroatoms. The van der Waals surface area contributed by atoms with E-state index >= 15 is 0 Å². The topological polar surface area (TPSA) is 74.2 Å². The third kappa shape index (κ3) is 1.59. The zero-order valence-corrected chi connectivity index (χ0v) is 6.37. The van der Waals surface area contributed by atoms with Gasteiger partial charge in [0.2, 0.25) is 5.88 Å². The number of nitrogen functional groups attached to an aromatic ring is 1. The Bertz CT molecular complexity index is 249. The Hall–Kier alpha value is -1.29. The fourth-order valence-electron chi connectivity index (χ4n) is 0.846. The van der Waals surface area contributed by atoms with Gasteiger partial charge in [-0.15, -0.1) is 0 Å². The van der Waals surface area contributed by atoms with Crippen molar-refractivity contribution in [1.82, 2.24) is 4.98 Å². The van der Waals surface area contributed by atoms with E-state index in [1.54, 1.807) is 13.2 Å². The fraction of sp³-hybridized carbons (Fsp3) is 0.286. The summed E-state index contributed by atoms with van der Waals surface area (Å²) in [5.41, 5.74) is 12.3. The van der Waals surface area contributed by atoms with Gasteiger partial charge in [-0.05, 0) is 6.07 Å². The summed E-state index contributed by atoms with van der Waals surface area (Å²) in [7, 11) is 1.55. The molecule has 0 bridgehead atoms. The summed E-state index contributed by atoms with van der Waals surface area (Å²) in [5.74, 6) is 0.543. The molecular weight excluding hydrogens is 142 g/mol. The summed E-state index contributed by atoms with van der Waals surface area (Å²) in [6.45, 7) is 0.390. The molecule has 0 aromatic carbocycles. The van der Waals surface area contributed by atoms with Crippen molar-refractivity contribution >= 4 is 5.69 Å². The molecule has 11 heavy (non-hydrogen) atoms. The van der Waals surface area contributed by atoms with Crippen LogP contribution >= 0.6 is 0 Å². The van der Waals surface area contributed by atoms with E-state index in [-0.39, 0.29) is 0 Å². The highest BCUT2D eigenvalue weighted by Gasteiger charge is 2.01. The van der Waals surface area contributed by atoms with Gasteiger partial charge in [-0.25, -0.2) is 4.98 Å². The first kappa shape index (κ1) is 7.81. The number of hydrogen-bond acceptors (Lipinski definition) is 4. The number of rotatable bonds is 2. The van der Waals surface area contributed by atoms with Gasteiger partial charge in [0.15, 0.2) is 0 Å². The lowest BCUT2D eigenvalue weighted by Crippen LogP contribution is -2.02. The van der Waals surface area contributed by atoms with E-state index in [0.717, 1.165) is 5.56 Å². The maximum atomic E-state index is 5.48. The molecule has 0 aliphatic heterocycles. The number of aromatic nitrogens is 1. The van der Waals surface area contributed by atoms with Crippen molar-refractivity contribution < 1.29 is 4.74 Å². The van der Waals surface area contributed by atoms with Crippen LogP contribution in [0.15, 0.2) is 12.3 Å². The molecule has 4 nitrogen and oxygen atoms in total. The average molecular weight is 153 g/mol. The minimum Gasteiger partial charge on any atom is -0.481 e. The molecule has 1 heterocycles. The van der Waals surface area contributed by atoms with Crippen LogP contribution < -0.4 is 16.2 Å². The lowest BCUT2D eigenvalue weighted by molar-refractivity contribution is 0.393. The normalized spacial score (nSPS) is 9.64. The Morgan fingerprint density at radius 1 is 1.64 bits per heavy atom. The second-order valence-corrected chi connectivity index (χ2v) is 2.14. The molecule has 0 aliphatic carbocycles. The fourth-order valence-corrected chi connectivity index (χ4v) is 0.846. The predicted molar refractivity (Wildman–Crippen MR) is 43.1 cm³/mol. The van der Waals surface area contributed by atoms with E-state index in [4.69, 9.17) is 16.2 Å². The standard InChI is InChI=1S/C7H11N3O/c1-11-7-5(3-8)2-6(9)4-10-7/h2,4H,3,8-9H2,1H3. The van der Waals surface area contributed by atoms with Crippen LogP contribution in [0.25, 0.3) is 0 Å². The van der Waals surface area contributed by atoms with E-state index in [9.17, 15) is 0 Å². The first-order valence-electron chi connectivity index (χ1n) is 3.26. The number of pyridine rings is 1. The molecule has 1 aromatic heterocycles. The van der Waals surface area contributed by atoms with Gasteiger partial charge >= 0.3 is 0 Å². The molecule has 1 rings (SSSR count). The Balaban J connectivity index is 3.06. The average Bonchev–Trinajstić information content (AvgIpc) is 2.04. The number of ether oxygens (including phenoxy) is 1. The second-order valence-electron chi connectivity index (χ2n) is 2.14. The van der Waals surface area contributed by atoms with Gasteiger partial charge in [-0.3, -0.25) is 0 Å². The molecule has 1 aromatic rings. The quantitative estimate of drug-likeness (QED) is 0.633. The van der Waals surface area contributed by atoms with E-state index in [1.807, 2.05) is 0 Å². The molecule has 0 unspecified atom stereocenters. The smallest absolute Gasteiger partial charge is 0.217 e. The van der Waals surface area contributed by atoms with Gasteiger partial charge < -0.3 is 16.2 Å². The zero-order chi connectivity index (χ0) is 8.27. The lowest BCUT2D eigenvalue weighted by atomic mass is 10.2. The highest BCUT2D eigenvalue weighted by molar-refractivity contribution is 5.42. The first-order chi connectivity index (χ1) is 5.27. The van der Waals surface area contributed by atoms with E-state index in [1.165, 1.54) is 6.20 Å². The SMILES string of the molecule is COc1ncc(N)cc1CN. The van der Waals surface area contributed by atoms with Crippen LogP contribution in [0.5, 0.6) is 5.88 Å². The molecule has 0 spiro atoms. The Kier molecular flexibility index (Phi) is 2.28. The third-order valence-electron chi connectivity index (χ3n) is 1.36. The number of hydrogen-bond donors (Lipinski definition) is 2. The van der Waals surface area contributed by atoms with Crippen LogP contribution in [0.4, 0.5) is 5.69 Å². The van der Waals surface area contributed by atoms with Gasteiger partial charge in [0.1, 0.15) is 0 Å². The molecular formula is C7H11N3O. The Morgan fingerprint density at radius 3 is 2.91 bits per heavy atom. The number of nitrogens with zero attached hydrogens (tertiary/aromatic N) is 1. The van der Waals surface area contributed by atoms with Crippen LogP contribution in [0.1, 0.15) is 5.56 Å². The molecule has 4 N–H and O–H groups in total. The number of anilines is 1. The lowest BCUT2D eigenvalue weighted by Gasteiger charge is -2.04. The summed E-state index contributed by atoms with van der Waals surface area (Å²) in [6.07, 6.45) is 1.54. The molecule has 0 aliphatic rings. The molecule has 0 saturated carbocycles. The number of nitrogens with two attached hydrogens (primary N) is 2. The van der Waals surface area contributed by atoms with Gasteiger partial charge in [-0.1, -0.05) is 0 Å². The highest BCUT2D eigenvalue weighted by Crippen LogP contribution is 2.15. The Labute approximate surface area is 65.2 Å². The second kappa shape index (κ2) is 3.21. The first-order valence-corrected chi connectivity index (χ1v) is 3.26. The van der Waals surface area contributed by atoms with Crippen molar-refractivity contribution in [3.8, 4) is 5.88 Å². The van der Waals surface area contributed by atoms with E-state index in [2.05, 4.69) is 4.98 Å². The van der Waals surface area contributed by atoms with Gasteiger partial charge in [0.25, 0.3) is 0 Å². The minimum absolute atomic E-state index is 0.390. The largest absolute Gasteiger partial charge is 0.481 e. The van der Waals surface area contributed by atoms with Crippen LogP contribution in [0.2, 0.25) is 0 Å². The van der Waals surface area contributed by atoms with Gasteiger partial charge in [0.05, 0.1) is 19.0 Å². The van der Waals surface area contributed by atoms with Crippen LogP contribution in [0.3, 0.4) is 0 Å². The monoisotopic (exact) mass is 153 g/mol. The third-order valence-corrected chi connectivity index (χ3v) is 1.36. The molecule has 0 atom stereocenters. The zero-order valence-electron chi connectivity index (χ0n) is 6.37. The van der Waals surface area contributed by atoms with Crippen molar-refractivity contribution in [3.05, 3.63) is 17.8 Å². The molecule has 0 amide bonds. The number of methoxy groups -OCH3 is 1. The summed E-state index contributed by atoms with van der Waals surface area (Å²) in [5, 5.41) is 0. The van der Waals surface area contributed by atoms with Gasteiger partial charge in [0, 0.05) is 12.1 Å². The van der Waals surface area contributed by atoms with Crippen molar-refractivity contribution in [1.29, 1.82) is 0 Å². The van der Waals surface area contributed by atoms with Crippen molar-refractivity contribution in [2.45, 2.75) is 6.54 Å². The molecule has 0 saturated heterocycles. The maximum absolute atomic E-state index is 5.48. The Morgan fingerprint density at radius 2 is 2.36 bits per heavy atom. The molecule has 0 radical (unpaired) electrons. The van der Waals surface area contributed by atoms with E-state index in [0.29, 0.717) is 18.1 Å².